The van der Waals surface area contributed by atoms with E-state index in [9.17, 15) is 18.0 Å². The highest BCUT2D eigenvalue weighted by atomic mass is 19.4. The van der Waals surface area contributed by atoms with Crippen molar-refractivity contribution in [1.82, 2.24) is 0 Å². The average Bonchev–Trinajstić information content (AvgIpc) is 1.83. The Kier molecular flexibility index (Phi) is 3.88. The molecular weight excluding hydrogens is 165 g/mol. The third kappa shape index (κ3) is 7.11. The number of hydrogen-bond donors (Lipinski definition) is 0. The van der Waals surface area contributed by atoms with Gasteiger partial charge in [-0.15, -0.1) is 13.2 Å². The number of carbonyl (C=O) groups is 1. The van der Waals surface area contributed by atoms with E-state index in [1.165, 1.54) is 6.92 Å². The van der Waals surface area contributed by atoms with Gasteiger partial charge in [-0.25, -0.2) is 4.79 Å². The molecule has 0 aliphatic carbocycles. The second-order valence-corrected chi connectivity index (χ2v) is 1.54. The molecule has 11 heavy (non-hydrogen) atoms. The van der Waals surface area contributed by atoms with Gasteiger partial charge < -0.3 is 4.74 Å². The van der Waals surface area contributed by atoms with Gasteiger partial charge >= 0.3 is 12.3 Å². The van der Waals surface area contributed by atoms with Crippen LogP contribution in [0.5, 0.6) is 0 Å². The van der Waals surface area contributed by atoms with E-state index in [4.69, 9.17) is 0 Å². The Balaban J connectivity index is 3.46. The third-order valence-corrected chi connectivity index (χ3v) is 0.659. The SMILES string of the molecule is CCOC(=O)COC(F)(F)F. The Morgan fingerprint density at radius 3 is 2.36 bits per heavy atom. The van der Waals surface area contributed by atoms with Gasteiger partial charge in [0.15, 0.2) is 6.61 Å². The minimum Gasteiger partial charge on any atom is -0.464 e. The Labute approximate surface area is 61.1 Å². The molecule has 0 unspecified atom stereocenters. The van der Waals surface area contributed by atoms with Crippen LogP contribution in [0.2, 0.25) is 0 Å². The lowest BCUT2D eigenvalue weighted by Gasteiger charge is -2.05. The topological polar surface area (TPSA) is 35.5 Å². The van der Waals surface area contributed by atoms with Crippen molar-refractivity contribution in [3.05, 3.63) is 0 Å². The largest absolute Gasteiger partial charge is 0.523 e. The van der Waals surface area contributed by atoms with Crippen LogP contribution in [0.25, 0.3) is 0 Å². The van der Waals surface area contributed by atoms with E-state index in [1.807, 2.05) is 0 Å². The van der Waals surface area contributed by atoms with Crippen molar-refractivity contribution in [3.63, 3.8) is 0 Å². The fourth-order valence-electron chi connectivity index (χ4n) is 0.343. The van der Waals surface area contributed by atoms with Gasteiger partial charge in [0, 0.05) is 0 Å². The number of hydrogen-bond acceptors (Lipinski definition) is 3. The van der Waals surface area contributed by atoms with Crippen LogP contribution in [-0.2, 0) is 14.3 Å². The number of halogens is 3. The first-order valence-corrected chi connectivity index (χ1v) is 2.82. The number of esters is 1. The zero-order chi connectivity index (χ0) is 8.91. The zero-order valence-corrected chi connectivity index (χ0v) is 5.77. The van der Waals surface area contributed by atoms with Crippen molar-refractivity contribution in [2.75, 3.05) is 13.2 Å². The molecule has 0 spiro atoms. The van der Waals surface area contributed by atoms with Crippen LogP contribution in [0, 0.1) is 0 Å². The molecule has 0 amide bonds. The lowest BCUT2D eigenvalue weighted by Crippen LogP contribution is -2.21. The monoisotopic (exact) mass is 172 g/mol. The Bertz CT molecular complexity index is 131. The molecule has 0 aliphatic rings. The van der Waals surface area contributed by atoms with E-state index in [1.54, 1.807) is 0 Å². The average molecular weight is 172 g/mol. The second kappa shape index (κ2) is 4.17. The number of alkyl halides is 3. The summed E-state index contributed by atoms with van der Waals surface area (Å²) in [6, 6.07) is 0. The number of carbonyl (C=O) groups excluding carboxylic acids is 1. The van der Waals surface area contributed by atoms with Gasteiger partial charge in [-0.2, -0.15) is 0 Å². The van der Waals surface area contributed by atoms with E-state index in [-0.39, 0.29) is 6.61 Å². The molecular formula is C5H7F3O3. The molecule has 0 saturated heterocycles. The van der Waals surface area contributed by atoms with Gasteiger partial charge in [0.2, 0.25) is 0 Å². The van der Waals surface area contributed by atoms with Crippen LogP contribution in [0.1, 0.15) is 6.92 Å². The summed E-state index contributed by atoms with van der Waals surface area (Å²) in [6.07, 6.45) is -4.77. The Morgan fingerprint density at radius 2 is 2.00 bits per heavy atom. The summed E-state index contributed by atoms with van der Waals surface area (Å²) in [5.41, 5.74) is 0. The molecule has 0 saturated carbocycles. The first-order valence-electron chi connectivity index (χ1n) is 2.82. The van der Waals surface area contributed by atoms with Gasteiger partial charge in [0.1, 0.15) is 0 Å². The van der Waals surface area contributed by atoms with E-state index >= 15 is 0 Å². The van der Waals surface area contributed by atoms with Gasteiger partial charge in [0.25, 0.3) is 0 Å². The van der Waals surface area contributed by atoms with Crippen molar-refractivity contribution in [1.29, 1.82) is 0 Å². The summed E-state index contributed by atoms with van der Waals surface area (Å²) in [4.78, 5) is 10.2. The van der Waals surface area contributed by atoms with Crippen LogP contribution >= 0.6 is 0 Å². The maximum Gasteiger partial charge on any atom is 0.523 e. The Morgan fingerprint density at radius 1 is 1.45 bits per heavy atom. The van der Waals surface area contributed by atoms with Gasteiger partial charge in [0.05, 0.1) is 6.61 Å². The lowest BCUT2D eigenvalue weighted by atomic mass is 10.7. The molecule has 3 nitrogen and oxygen atoms in total. The van der Waals surface area contributed by atoms with Crippen LogP contribution in [-0.4, -0.2) is 25.5 Å². The quantitative estimate of drug-likeness (QED) is 0.597. The molecule has 66 valence electrons. The van der Waals surface area contributed by atoms with Gasteiger partial charge in [-0.1, -0.05) is 0 Å². The lowest BCUT2D eigenvalue weighted by molar-refractivity contribution is -0.322. The molecule has 0 heterocycles. The summed E-state index contributed by atoms with van der Waals surface area (Å²) < 4.78 is 41.0. The van der Waals surface area contributed by atoms with E-state index < -0.39 is 18.9 Å². The first kappa shape index (κ1) is 10.2. The molecule has 6 heteroatoms. The standard InChI is InChI=1S/C5H7F3O3/c1-2-10-4(9)3-11-5(6,7)8/h2-3H2,1H3. The molecule has 0 radical (unpaired) electrons. The van der Waals surface area contributed by atoms with Crippen molar-refractivity contribution in [3.8, 4) is 0 Å². The fraction of sp³-hybridized carbons (Fsp3) is 0.800. The third-order valence-electron chi connectivity index (χ3n) is 0.659. The summed E-state index contributed by atoms with van der Waals surface area (Å²) in [6.45, 7) is 0.447. The summed E-state index contributed by atoms with van der Waals surface area (Å²) in [5.74, 6) is -1.02. The molecule has 0 aliphatic heterocycles. The highest BCUT2D eigenvalue weighted by Gasteiger charge is 2.30. The molecule has 0 N–H and O–H groups in total. The van der Waals surface area contributed by atoms with Crippen LogP contribution < -0.4 is 0 Å². The maximum absolute atomic E-state index is 11.2. The molecule has 0 rings (SSSR count). The fourth-order valence-corrected chi connectivity index (χ4v) is 0.343. The molecule has 0 aromatic rings. The molecule has 0 bridgehead atoms. The van der Waals surface area contributed by atoms with Gasteiger partial charge in [-0.05, 0) is 6.92 Å². The normalized spacial score (nSPS) is 11.3. The number of rotatable bonds is 3. The molecule has 0 fully saturated rings. The highest BCUT2D eigenvalue weighted by molar-refractivity contribution is 5.70. The smallest absolute Gasteiger partial charge is 0.464 e. The van der Waals surface area contributed by atoms with Crippen molar-refractivity contribution in [2.24, 2.45) is 0 Å². The first-order chi connectivity index (χ1) is 4.95. The van der Waals surface area contributed by atoms with E-state index in [2.05, 4.69) is 9.47 Å². The highest BCUT2D eigenvalue weighted by Crippen LogP contribution is 2.15. The van der Waals surface area contributed by atoms with Crippen LogP contribution in [0.3, 0.4) is 0 Å². The summed E-state index contributed by atoms with van der Waals surface area (Å²) >= 11 is 0. The predicted molar refractivity (Wildman–Crippen MR) is 28.6 cm³/mol. The summed E-state index contributed by atoms with van der Waals surface area (Å²) in [5, 5.41) is 0. The second-order valence-electron chi connectivity index (χ2n) is 1.54. The van der Waals surface area contributed by atoms with Crippen molar-refractivity contribution >= 4 is 5.97 Å². The minimum absolute atomic E-state index is 0.0417. The van der Waals surface area contributed by atoms with Crippen LogP contribution in [0.4, 0.5) is 13.2 Å². The predicted octanol–water partition coefficient (Wildman–Crippen LogP) is 1.09. The van der Waals surface area contributed by atoms with Crippen molar-refractivity contribution < 1.29 is 27.4 Å². The number of ether oxygens (including phenoxy) is 2. The van der Waals surface area contributed by atoms with E-state index in [0.717, 1.165) is 0 Å². The summed E-state index contributed by atoms with van der Waals surface area (Å²) in [7, 11) is 0. The van der Waals surface area contributed by atoms with Gasteiger partial charge in [-0.3, -0.25) is 4.74 Å². The zero-order valence-electron chi connectivity index (χ0n) is 5.77. The van der Waals surface area contributed by atoms with E-state index in [0.29, 0.717) is 0 Å². The minimum atomic E-state index is -4.77. The van der Waals surface area contributed by atoms with Crippen LogP contribution in [0.15, 0.2) is 0 Å². The molecule has 0 aromatic carbocycles. The Hall–Kier alpha value is -0.780. The maximum atomic E-state index is 11.2. The van der Waals surface area contributed by atoms with Crippen molar-refractivity contribution in [2.45, 2.75) is 13.3 Å². The molecule has 0 aromatic heterocycles. The molecule has 0 atom stereocenters.